The summed E-state index contributed by atoms with van der Waals surface area (Å²) in [5.41, 5.74) is 2.72. The molecule has 1 heterocycles. The maximum Gasteiger partial charge on any atom is 0.0936 e. The first-order valence-electron chi connectivity index (χ1n) is 26.2. The number of likely N-dealkylation sites (tertiary alicyclic amines) is 1. The van der Waals surface area contributed by atoms with Crippen molar-refractivity contribution in [3.05, 3.63) is 23.8 Å². The van der Waals surface area contributed by atoms with E-state index in [0.29, 0.717) is 42.9 Å². The van der Waals surface area contributed by atoms with E-state index >= 15 is 0 Å². The van der Waals surface area contributed by atoms with Crippen LogP contribution in [0.5, 0.6) is 0 Å². The highest BCUT2D eigenvalue weighted by Crippen LogP contribution is 2.66. The Balaban J connectivity index is 0.955. The number of hydrogen-bond donors (Lipinski definition) is 0. The van der Waals surface area contributed by atoms with Crippen molar-refractivity contribution in [2.45, 2.75) is 226 Å². The van der Waals surface area contributed by atoms with Crippen molar-refractivity contribution < 1.29 is 18.9 Å². The second-order valence-corrected chi connectivity index (χ2v) is 21.4. The van der Waals surface area contributed by atoms with Gasteiger partial charge in [-0.3, -0.25) is 4.90 Å². The van der Waals surface area contributed by atoms with Gasteiger partial charge >= 0.3 is 0 Å². The third-order valence-corrected chi connectivity index (χ3v) is 16.8. The number of allylic oxidation sites excluding steroid dienone is 3. The molecule has 1 saturated heterocycles. The number of hydrogen-bond acceptors (Lipinski definition) is 5. The van der Waals surface area contributed by atoms with Gasteiger partial charge in [0.1, 0.15) is 0 Å². The second-order valence-electron chi connectivity index (χ2n) is 21.4. The molecule has 5 heteroatoms. The minimum Gasteiger partial charge on any atom is -0.380 e. The van der Waals surface area contributed by atoms with Crippen LogP contribution in [0.15, 0.2) is 23.8 Å². The summed E-state index contributed by atoms with van der Waals surface area (Å²) >= 11 is 0. The Kier molecular flexibility index (Phi) is 22.4. The van der Waals surface area contributed by atoms with E-state index in [2.05, 4.69) is 57.7 Å². The molecule has 0 bridgehead atoms. The van der Waals surface area contributed by atoms with Crippen LogP contribution in [0.25, 0.3) is 0 Å². The van der Waals surface area contributed by atoms with Crippen molar-refractivity contribution in [2.75, 3.05) is 53.2 Å². The summed E-state index contributed by atoms with van der Waals surface area (Å²) in [6, 6.07) is 0. The van der Waals surface area contributed by atoms with Gasteiger partial charge in [-0.15, -0.1) is 0 Å². The van der Waals surface area contributed by atoms with Crippen molar-refractivity contribution in [2.24, 2.45) is 40.4 Å². The zero-order chi connectivity index (χ0) is 41.8. The van der Waals surface area contributed by atoms with Gasteiger partial charge in [-0.2, -0.15) is 0 Å². The van der Waals surface area contributed by atoms with Crippen LogP contribution in [-0.2, 0) is 18.9 Å². The maximum absolute atomic E-state index is 6.63. The molecule has 4 aliphatic carbocycles. The van der Waals surface area contributed by atoms with Crippen molar-refractivity contribution in [1.82, 2.24) is 4.90 Å². The molecule has 2 unspecified atom stereocenters. The standard InChI is InChI=1S/C54H97NO4/c1-7-8-9-10-11-12-13-14-15-16-17-18-19-20-21-24-37-57-43-49(42-55-36-33-48(41-55)56-6)59-39-38-58-47-31-34-54(5)46(40-47)27-29-50-51-30-28-45(26-23-22-25-44(2)3)53(51,4)35-32-52(50)54/h14-15,27,44-45,47-52H,7-13,16-26,28-43H2,1-6H3/t45-,47-,48?,49?,50-,51-,52-,53+,54-/m0/s1. The molecule has 3 saturated carbocycles. The van der Waals surface area contributed by atoms with Gasteiger partial charge in [0.15, 0.2) is 0 Å². The third-order valence-electron chi connectivity index (χ3n) is 16.8. The van der Waals surface area contributed by atoms with Crippen LogP contribution in [0.1, 0.15) is 208 Å². The highest BCUT2D eigenvalue weighted by atomic mass is 16.6. The van der Waals surface area contributed by atoms with E-state index in [1.165, 1.54) is 154 Å². The molecule has 0 aromatic heterocycles. The van der Waals surface area contributed by atoms with Gasteiger partial charge < -0.3 is 18.9 Å². The quantitative estimate of drug-likeness (QED) is 0.0514. The zero-order valence-electron chi connectivity index (χ0n) is 40.0. The molecule has 5 rings (SSSR count). The number of nitrogens with zero attached hydrogens (tertiary/aromatic N) is 1. The fourth-order valence-electron chi connectivity index (χ4n) is 13.0. The Hall–Kier alpha value is -0.720. The van der Waals surface area contributed by atoms with Crippen LogP contribution in [-0.4, -0.2) is 76.4 Å². The normalized spacial score (nSPS) is 31.5. The van der Waals surface area contributed by atoms with Gasteiger partial charge in [0, 0.05) is 33.4 Å². The third kappa shape index (κ3) is 15.5. The Labute approximate surface area is 366 Å². The molecule has 5 aliphatic rings. The van der Waals surface area contributed by atoms with Gasteiger partial charge in [-0.1, -0.05) is 135 Å². The van der Waals surface area contributed by atoms with Crippen LogP contribution < -0.4 is 0 Å². The molecule has 59 heavy (non-hydrogen) atoms. The number of fused-ring (bicyclic) bond motifs is 5. The molecule has 9 atom stereocenters. The Morgan fingerprint density at radius 2 is 1.51 bits per heavy atom. The molecule has 4 fully saturated rings. The Morgan fingerprint density at radius 3 is 2.24 bits per heavy atom. The summed E-state index contributed by atoms with van der Waals surface area (Å²) in [7, 11) is 1.85. The van der Waals surface area contributed by atoms with E-state index < -0.39 is 0 Å². The fourth-order valence-corrected chi connectivity index (χ4v) is 13.0. The van der Waals surface area contributed by atoms with E-state index in [0.717, 1.165) is 75.1 Å². The fraction of sp³-hybridized carbons (Fsp3) is 0.926. The first-order chi connectivity index (χ1) is 28.8. The average Bonchev–Trinajstić information content (AvgIpc) is 3.83. The minimum absolute atomic E-state index is 0.0863. The molecule has 0 spiro atoms. The van der Waals surface area contributed by atoms with E-state index in [9.17, 15) is 0 Å². The summed E-state index contributed by atoms with van der Waals surface area (Å²) in [6.07, 6.45) is 44.8. The van der Waals surface area contributed by atoms with E-state index in [1.54, 1.807) is 5.57 Å². The van der Waals surface area contributed by atoms with Crippen LogP contribution in [0.3, 0.4) is 0 Å². The predicted molar refractivity (Wildman–Crippen MR) is 250 cm³/mol. The van der Waals surface area contributed by atoms with E-state index in [4.69, 9.17) is 18.9 Å². The summed E-state index contributed by atoms with van der Waals surface area (Å²) < 4.78 is 25.1. The molecule has 5 nitrogen and oxygen atoms in total. The van der Waals surface area contributed by atoms with Crippen LogP contribution in [0, 0.1) is 40.4 Å². The van der Waals surface area contributed by atoms with Crippen LogP contribution >= 0.6 is 0 Å². The molecule has 0 radical (unpaired) electrons. The zero-order valence-corrected chi connectivity index (χ0v) is 40.0. The highest BCUT2D eigenvalue weighted by molar-refractivity contribution is 5.25. The lowest BCUT2D eigenvalue weighted by molar-refractivity contribution is -0.0777. The van der Waals surface area contributed by atoms with Crippen LogP contribution in [0.2, 0.25) is 0 Å². The maximum atomic E-state index is 6.63. The lowest BCUT2D eigenvalue weighted by atomic mass is 9.47. The summed E-state index contributed by atoms with van der Waals surface area (Å²) in [4.78, 5) is 2.51. The van der Waals surface area contributed by atoms with E-state index in [-0.39, 0.29) is 6.10 Å². The van der Waals surface area contributed by atoms with Crippen molar-refractivity contribution in [3.8, 4) is 0 Å². The van der Waals surface area contributed by atoms with Crippen molar-refractivity contribution >= 4 is 0 Å². The van der Waals surface area contributed by atoms with Gasteiger partial charge in [0.2, 0.25) is 0 Å². The first kappa shape index (κ1) is 49.3. The van der Waals surface area contributed by atoms with Gasteiger partial charge in [0.05, 0.1) is 38.1 Å². The number of methoxy groups -OCH3 is 1. The van der Waals surface area contributed by atoms with Gasteiger partial charge in [-0.05, 0) is 137 Å². The summed E-state index contributed by atoms with van der Waals surface area (Å²) in [6.45, 7) is 18.3. The first-order valence-corrected chi connectivity index (χ1v) is 26.2. The number of ether oxygens (including phenoxy) is 4. The Morgan fingerprint density at radius 1 is 0.763 bits per heavy atom. The topological polar surface area (TPSA) is 40.2 Å². The molecule has 0 amide bonds. The average molecular weight is 824 g/mol. The Bertz CT molecular complexity index is 1180. The molecule has 0 aromatic rings. The monoisotopic (exact) mass is 824 g/mol. The number of unbranched alkanes of at least 4 members (excludes halogenated alkanes) is 13. The highest BCUT2D eigenvalue weighted by Gasteiger charge is 2.58. The smallest absolute Gasteiger partial charge is 0.0936 e. The predicted octanol–water partition coefficient (Wildman–Crippen LogP) is 14.3. The molecule has 1 aliphatic heterocycles. The molecule has 0 aromatic carbocycles. The lowest BCUT2D eigenvalue weighted by Gasteiger charge is -2.58. The molecule has 342 valence electrons. The van der Waals surface area contributed by atoms with Crippen molar-refractivity contribution in [3.63, 3.8) is 0 Å². The molecule has 0 N–H and O–H groups in total. The number of rotatable bonds is 31. The molecular weight excluding hydrogens is 727 g/mol. The van der Waals surface area contributed by atoms with Gasteiger partial charge in [-0.25, -0.2) is 0 Å². The van der Waals surface area contributed by atoms with E-state index in [1.807, 2.05) is 7.11 Å². The van der Waals surface area contributed by atoms with Gasteiger partial charge in [0.25, 0.3) is 0 Å². The van der Waals surface area contributed by atoms with Crippen LogP contribution in [0.4, 0.5) is 0 Å². The summed E-state index contributed by atoms with van der Waals surface area (Å²) in [5.74, 6) is 4.55. The van der Waals surface area contributed by atoms with Crippen molar-refractivity contribution in [1.29, 1.82) is 0 Å². The second kappa shape index (κ2) is 26.8. The largest absolute Gasteiger partial charge is 0.380 e. The SMILES string of the molecule is CCCCCCCCC=CCCCCCCCCOCC(CN1CCC(OC)C1)OCCO[C@H]1CC[C@@]2(C)C(=CC[C@H]3[C@@H]4CC[C@H](CCCCC(C)C)[C@@]4(C)CC[C@@H]32)C1. The lowest BCUT2D eigenvalue weighted by Crippen LogP contribution is -2.50. The molecular formula is C54H97NO4. The minimum atomic E-state index is 0.0863. The summed E-state index contributed by atoms with van der Waals surface area (Å²) in [5, 5.41) is 0.